The van der Waals surface area contributed by atoms with Gasteiger partial charge in [0.15, 0.2) is 0 Å². The number of nitrogens with one attached hydrogen (secondary N) is 1. The van der Waals surface area contributed by atoms with E-state index in [1.54, 1.807) is 6.08 Å². The van der Waals surface area contributed by atoms with Crippen LogP contribution in [0, 0.1) is 0 Å². The Labute approximate surface area is 143 Å². The number of hydrogen-bond acceptors (Lipinski definition) is 2. The fraction of sp³-hybridized carbons (Fsp3) is 0.286. The second kappa shape index (κ2) is 7.82. The van der Waals surface area contributed by atoms with E-state index in [2.05, 4.69) is 5.32 Å². The predicted molar refractivity (Wildman–Crippen MR) is 99.4 cm³/mol. The molecule has 3 N–H and O–H groups in total. The van der Waals surface area contributed by atoms with Crippen LogP contribution in [0.4, 0.5) is 5.69 Å². The van der Waals surface area contributed by atoms with Crippen molar-refractivity contribution in [1.29, 1.82) is 0 Å². The highest BCUT2D eigenvalue weighted by atomic mass is 16.1. The van der Waals surface area contributed by atoms with Gasteiger partial charge in [-0.2, -0.15) is 0 Å². The van der Waals surface area contributed by atoms with Crippen molar-refractivity contribution in [3.8, 4) is 0 Å². The van der Waals surface area contributed by atoms with Gasteiger partial charge in [-0.1, -0.05) is 61.7 Å². The molecule has 0 bridgehead atoms. The first-order valence-electron chi connectivity index (χ1n) is 8.66. The van der Waals surface area contributed by atoms with Gasteiger partial charge in [0.25, 0.3) is 0 Å². The van der Waals surface area contributed by atoms with Gasteiger partial charge in [-0.15, -0.1) is 0 Å². The van der Waals surface area contributed by atoms with Gasteiger partial charge in [0, 0.05) is 17.8 Å². The summed E-state index contributed by atoms with van der Waals surface area (Å²) in [5.74, 6) is -0.0161. The molecule has 0 heterocycles. The summed E-state index contributed by atoms with van der Waals surface area (Å²) in [7, 11) is 0. The lowest BCUT2D eigenvalue weighted by Gasteiger charge is -2.22. The third-order valence-electron chi connectivity index (χ3n) is 4.53. The molecule has 1 aliphatic carbocycles. The third-order valence-corrected chi connectivity index (χ3v) is 4.53. The molecule has 24 heavy (non-hydrogen) atoms. The maximum atomic E-state index is 12.5. The number of anilines is 1. The Morgan fingerprint density at radius 3 is 2.21 bits per heavy atom. The van der Waals surface area contributed by atoms with Crippen LogP contribution in [0.3, 0.4) is 0 Å². The lowest BCUT2D eigenvalue weighted by molar-refractivity contribution is -0.117. The van der Waals surface area contributed by atoms with Crippen molar-refractivity contribution >= 4 is 17.2 Å². The van der Waals surface area contributed by atoms with Crippen molar-refractivity contribution in [3.63, 3.8) is 0 Å². The summed E-state index contributed by atoms with van der Waals surface area (Å²) in [6.45, 7) is 0. The van der Waals surface area contributed by atoms with Crippen molar-refractivity contribution in [2.75, 3.05) is 5.73 Å². The molecule has 1 saturated carbocycles. The summed E-state index contributed by atoms with van der Waals surface area (Å²) < 4.78 is 0. The van der Waals surface area contributed by atoms with Crippen LogP contribution >= 0.6 is 0 Å². The summed E-state index contributed by atoms with van der Waals surface area (Å²) in [6.07, 6.45) is 7.58. The maximum Gasteiger partial charge on any atom is 0.244 e. The molecule has 1 amide bonds. The SMILES string of the molecule is Nc1ccc(C(=CC(=O)NC2CCCCC2)c2ccccc2)cc1. The third kappa shape index (κ3) is 4.25. The van der Waals surface area contributed by atoms with E-state index in [9.17, 15) is 4.79 Å². The zero-order valence-electron chi connectivity index (χ0n) is 13.9. The first kappa shape index (κ1) is 16.3. The van der Waals surface area contributed by atoms with Gasteiger partial charge in [-0.05, 0) is 41.7 Å². The van der Waals surface area contributed by atoms with Gasteiger partial charge < -0.3 is 11.1 Å². The second-order valence-electron chi connectivity index (χ2n) is 6.39. The smallest absolute Gasteiger partial charge is 0.244 e. The molecule has 1 aliphatic rings. The molecule has 2 aromatic rings. The lowest BCUT2D eigenvalue weighted by atomic mass is 9.95. The van der Waals surface area contributed by atoms with Crippen LogP contribution in [0.5, 0.6) is 0 Å². The molecule has 0 atom stereocenters. The molecule has 0 aromatic heterocycles. The Morgan fingerprint density at radius 1 is 0.917 bits per heavy atom. The molecule has 0 unspecified atom stereocenters. The van der Waals surface area contributed by atoms with E-state index in [1.165, 1.54) is 19.3 Å². The number of carbonyl (C=O) groups excluding carboxylic acids is 1. The van der Waals surface area contributed by atoms with Crippen LogP contribution in [-0.4, -0.2) is 11.9 Å². The molecular formula is C21H24N2O. The van der Waals surface area contributed by atoms with Gasteiger partial charge in [0.1, 0.15) is 0 Å². The topological polar surface area (TPSA) is 55.1 Å². The zero-order chi connectivity index (χ0) is 16.8. The van der Waals surface area contributed by atoms with E-state index in [-0.39, 0.29) is 5.91 Å². The van der Waals surface area contributed by atoms with Crippen molar-refractivity contribution in [2.45, 2.75) is 38.1 Å². The molecule has 0 saturated heterocycles. The van der Waals surface area contributed by atoms with E-state index in [0.717, 1.165) is 35.2 Å². The normalized spacial score (nSPS) is 15.9. The monoisotopic (exact) mass is 320 g/mol. The van der Waals surface area contributed by atoms with Crippen LogP contribution in [-0.2, 0) is 4.79 Å². The minimum absolute atomic E-state index is 0.0161. The van der Waals surface area contributed by atoms with Crippen molar-refractivity contribution in [3.05, 3.63) is 71.8 Å². The van der Waals surface area contributed by atoms with E-state index in [1.807, 2.05) is 54.6 Å². The number of nitrogen functional groups attached to an aromatic ring is 1. The van der Waals surface area contributed by atoms with Crippen LogP contribution in [0.15, 0.2) is 60.7 Å². The second-order valence-corrected chi connectivity index (χ2v) is 6.39. The van der Waals surface area contributed by atoms with E-state index < -0.39 is 0 Å². The molecule has 0 spiro atoms. The van der Waals surface area contributed by atoms with Crippen molar-refractivity contribution in [1.82, 2.24) is 5.32 Å². The number of amides is 1. The van der Waals surface area contributed by atoms with Crippen LogP contribution < -0.4 is 11.1 Å². The Bertz CT molecular complexity index is 698. The number of benzene rings is 2. The van der Waals surface area contributed by atoms with Crippen molar-refractivity contribution in [2.24, 2.45) is 0 Å². The highest BCUT2D eigenvalue weighted by Crippen LogP contribution is 2.24. The van der Waals surface area contributed by atoms with Gasteiger partial charge in [-0.3, -0.25) is 4.79 Å². The summed E-state index contributed by atoms with van der Waals surface area (Å²) in [4.78, 5) is 12.5. The van der Waals surface area contributed by atoms with Gasteiger partial charge in [-0.25, -0.2) is 0 Å². The first-order chi connectivity index (χ1) is 11.7. The molecule has 3 rings (SSSR count). The molecule has 0 aliphatic heterocycles. The predicted octanol–water partition coefficient (Wildman–Crippen LogP) is 4.15. The number of rotatable bonds is 4. The van der Waals surface area contributed by atoms with E-state index in [4.69, 9.17) is 5.73 Å². The molecule has 124 valence electrons. The van der Waals surface area contributed by atoms with E-state index >= 15 is 0 Å². The van der Waals surface area contributed by atoms with Crippen molar-refractivity contribution < 1.29 is 4.79 Å². The fourth-order valence-corrected chi connectivity index (χ4v) is 3.23. The highest BCUT2D eigenvalue weighted by Gasteiger charge is 2.15. The Balaban J connectivity index is 1.86. The number of carbonyl (C=O) groups is 1. The number of hydrogen-bond donors (Lipinski definition) is 2. The first-order valence-corrected chi connectivity index (χ1v) is 8.66. The van der Waals surface area contributed by atoms with Gasteiger partial charge >= 0.3 is 0 Å². The standard InChI is InChI=1S/C21H24N2O/c22-18-13-11-17(12-14-18)20(16-7-3-1-4-8-16)15-21(24)23-19-9-5-2-6-10-19/h1,3-4,7-8,11-15,19H,2,5-6,9-10,22H2,(H,23,24). The molecule has 3 heteroatoms. The Hall–Kier alpha value is -2.55. The molecule has 1 fully saturated rings. The van der Waals surface area contributed by atoms with E-state index in [0.29, 0.717) is 6.04 Å². The fourth-order valence-electron chi connectivity index (χ4n) is 3.23. The van der Waals surface area contributed by atoms with Gasteiger partial charge in [0.2, 0.25) is 5.91 Å². The highest BCUT2D eigenvalue weighted by molar-refractivity contribution is 5.99. The molecular weight excluding hydrogens is 296 g/mol. The number of nitrogens with two attached hydrogens (primary N) is 1. The molecule has 3 nitrogen and oxygen atoms in total. The minimum atomic E-state index is -0.0161. The largest absolute Gasteiger partial charge is 0.399 e. The summed E-state index contributed by atoms with van der Waals surface area (Å²) in [5, 5.41) is 3.16. The average Bonchev–Trinajstić information content (AvgIpc) is 2.62. The van der Waals surface area contributed by atoms with Crippen LogP contribution in [0.25, 0.3) is 5.57 Å². The molecule has 2 aromatic carbocycles. The summed E-state index contributed by atoms with van der Waals surface area (Å²) in [5.41, 5.74) is 9.46. The van der Waals surface area contributed by atoms with Crippen LogP contribution in [0.2, 0.25) is 0 Å². The average molecular weight is 320 g/mol. The lowest BCUT2D eigenvalue weighted by Crippen LogP contribution is -2.35. The minimum Gasteiger partial charge on any atom is -0.399 e. The maximum absolute atomic E-state index is 12.5. The van der Waals surface area contributed by atoms with Gasteiger partial charge in [0.05, 0.1) is 0 Å². The quantitative estimate of drug-likeness (QED) is 0.657. The van der Waals surface area contributed by atoms with Crippen LogP contribution in [0.1, 0.15) is 43.2 Å². The Morgan fingerprint density at radius 2 is 1.54 bits per heavy atom. The summed E-state index contributed by atoms with van der Waals surface area (Å²) in [6, 6.07) is 18.0. The zero-order valence-corrected chi connectivity index (χ0v) is 13.9. The summed E-state index contributed by atoms with van der Waals surface area (Å²) >= 11 is 0. The molecule has 0 radical (unpaired) electrons. The Kier molecular flexibility index (Phi) is 5.32.